The number of aromatic nitrogens is 4. The van der Waals surface area contributed by atoms with Crippen molar-refractivity contribution in [3.63, 3.8) is 0 Å². The highest BCUT2D eigenvalue weighted by molar-refractivity contribution is 6.12. The Kier molecular flexibility index (Phi) is 2.69. The highest BCUT2D eigenvalue weighted by atomic mass is 16.1. The lowest BCUT2D eigenvalue weighted by atomic mass is 10.1. The topological polar surface area (TPSA) is 89.6 Å². The van der Waals surface area contributed by atoms with Gasteiger partial charge in [-0.25, -0.2) is 0 Å². The van der Waals surface area contributed by atoms with Gasteiger partial charge in [0, 0.05) is 10.8 Å². The predicted molar refractivity (Wildman–Crippen MR) is 83.4 cm³/mol. The van der Waals surface area contributed by atoms with Crippen LogP contribution in [0.25, 0.3) is 21.8 Å². The van der Waals surface area contributed by atoms with Crippen LogP contribution in [0.5, 0.6) is 0 Å². The van der Waals surface area contributed by atoms with Gasteiger partial charge in [0.2, 0.25) is 0 Å². The van der Waals surface area contributed by atoms with Crippen molar-refractivity contribution < 1.29 is 4.79 Å². The molecule has 108 valence electrons. The fourth-order valence-corrected chi connectivity index (χ4v) is 2.75. The lowest BCUT2D eigenvalue weighted by molar-refractivity contribution is 0.0996. The number of primary amides is 1. The highest BCUT2D eigenvalue weighted by Crippen LogP contribution is 2.27. The number of benzene rings is 2. The van der Waals surface area contributed by atoms with Gasteiger partial charge in [-0.1, -0.05) is 30.3 Å². The molecule has 0 aliphatic rings. The highest BCUT2D eigenvalue weighted by Gasteiger charge is 2.17. The Labute approximate surface area is 125 Å². The number of hydrogen-bond acceptors (Lipinski definition) is 3. The van der Waals surface area contributed by atoms with E-state index in [0.717, 1.165) is 27.4 Å². The van der Waals surface area contributed by atoms with Crippen LogP contribution in [-0.4, -0.2) is 25.9 Å². The standard InChI is InChI=1S/C16H13N5O/c17-16(22)14-11-6-7-13-12(8-18-19-13)15(11)21(20-14)9-10-4-2-1-3-5-10/h1-8H,9H2,(H2,17,22)(H,18,19). The largest absolute Gasteiger partial charge is 0.364 e. The number of H-pyrrole nitrogens is 1. The number of carbonyl (C=O) groups is 1. The van der Waals surface area contributed by atoms with Gasteiger partial charge in [-0.2, -0.15) is 10.2 Å². The van der Waals surface area contributed by atoms with E-state index in [4.69, 9.17) is 5.73 Å². The van der Waals surface area contributed by atoms with E-state index in [1.165, 1.54) is 0 Å². The van der Waals surface area contributed by atoms with Crippen LogP contribution in [0.1, 0.15) is 16.1 Å². The third-order valence-corrected chi connectivity index (χ3v) is 3.74. The molecule has 4 rings (SSSR count). The number of nitrogens with one attached hydrogen (secondary N) is 1. The summed E-state index contributed by atoms with van der Waals surface area (Å²) in [5, 5.41) is 13.1. The Morgan fingerprint density at radius 3 is 2.73 bits per heavy atom. The molecule has 0 saturated heterocycles. The minimum absolute atomic E-state index is 0.286. The normalized spacial score (nSPS) is 11.3. The second-order valence-electron chi connectivity index (χ2n) is 5.15. The predicted octanol–water partition coefficient (Wildman–Crippen LogP) is 2.06. The Bertz CT molecular complexity index is 984. The number of aromatic amines is 1. The monoisotopic (exact) mass is 291 g/mol. The molecule has 2 aromatic carbocycles. The van der Waals surface area contributed by atoms with Crippen LogP contribution in [0.4, 0.5) is 0 Å². The second-order valence-corrected chi connectivity index (χ2v) is 5.15. The summed E-state index contributed by atoms with van der Waals surface area (Å²) in [6, 6.07) is 13.7. The summed E-state index contributed by atoms with van der Waals surface area (Å²) in [5.74, 6) is -0.528. The molecule has 0 bridgehead atoms. The molecule has 0 aliphatic carbocycles. The summed E-state index contributed by atoms with van der Waals surface area (Å²) >= 11 is 0. The van der Waals surface area contributed by atoms with Crippen molar-refractivity contribution in [1.29, 1.82) is 0 Å². The van der Waals surface area contributed by atoms with Crippen LogP contribution in [0.3, 0.4) is 0 Å². The molecule has 0 atom stereocenters. The Hall–Kier alpha value is -3.15. The molecule has 0 spiro atoms. The van der Waals surface area contributed by atoms with Crippen LogP contribution < -0.4 is 5.73 Å². The number of rotatable bonds is 3. The zero-order chi connectivity index (χ0) is 15.1. The second kappa shape index (κ2) is 4.70. The molecule has 2 heterocycles. The van der Waals surface area contributed by atoms with E-state index < -0.39 is 5.91 Å². The van der Waals surface area contributed by atoms with Crippen LogP contribution in [0, 0.1) is 0 Å². The van der Waals surface area contributed by atoms with Gasteiger partial charge in [-0.15, -0.1) is 0 Å². The molecule has 0 aliphatic heterocycles. The number of carbonyl (C=O) groups excluding carboxylic acids is 1. The minimum atomic E-state index is -0.528. The maximum Gasteiger partial charge on any atom is 0.269 e. The maximum atomic E-state index is 11.7. The van der Waals surface area contributed by atoms with Crippen molar-refractivity contribution in [2.75, 3.05) is 0 Å². The summed E-state index contributed by atoms with van der Waals surface area (Å²) in [4.78, 5) is 11.7. The van der Waals surface area contributed by atoms with E-state index in [9.17, 15) is 4.79 Å². The fourth-order valence-electron chi connectivity index (χ4n) is 2.75. The fraction of sp³-hybridized carbons (Fsp3) is 0.0625. The van der Waals surface area contributed by atoms with Crippen molar-refractivity contribution in [3.05, 3.63) is 59.9 Å². The molecule has 0 saturated carbocycles. The Balaban J connectivity index is 2.00. The van der Waals surface area contributed by atoms with Gasteiger partial charge in [0.15, 0.2) is 5.69 Å². The number of nitrogens with zero attached hydrogens (tertiary/aromatic N) is 3. The van der Waals surface area contributed by atoms with Crippen molar-refractivity contribution in [2.24, 2.45) is 5.73 Å². The van der Waals surface area contributed by atoms with E-state index >= 15 is 0 Å². The quantitative estimate of drug-likeness (QED) is 0.605. The lowest BCUT2D eigenvalue weighted by Crippen LogP contribution is -2.13. The van der Waals surface area contributed by atoms with Crippen LogP contribution in [0.2, 0.25) is 0 Å². The Morgan fingerprint density at radius 2 is 1.95 bits per heavy atom. The average Bonchev–Trinajstić information content (AvgIpc) is 3.12. The Morgan fingerprint density at radius 1 is 1.14 bits per heavy atom. The average molecular weight is 291 g/mol. The summed E-state index contributed by atoms with van der Waals surface area (Å²) < 4.78 is 1.81. The van der Waals surface area contributed by atoms with Crippen molar-refractivity contribution in [2.45, 2.75) is 6.54 Å². The molecule has 22 heavy (non-hydrogen) atoms. The first kappa shape index (κ1) is 12.6. The third-order valence-electron chi connectivity index (χ3n) is 3.74. The smallest absolute Gasteiger partial charge is 0.269 e. The van der Waals surface area contributed by atoms with Gasteiger partial charge in [-0.3, -0.25) is 14.6 Å². The number of hydrogen-bond donors (Lipinski definition) is 2. The van der Waals surface area contributed by atoms with E-state index in [1.807, 2.05) is 47.1 Å². The van der Waals surface area contributed by atoms with Crippen LogP contribution in [0.15, 0.2) is 48.7 Å². The number of amides is 1. The van der Waals surface area contributed by atoms with E-state index in [1.54, 1.807) is 6.20 Å². The molecule has 4 aromatic rings. The first-order valence-corrected chi connectivity index (χ1v) is 6.90. The first-order valence-electron chi connectivity index (χ1n) is 6.90. The van der Waals surface area contributed by atoms with E-state index in [2.05, 4.69) is 15.3 Å². The van der Waals surface area contributed by atoms with Gasteiger partial charge in [-0.05, 0) is 17.7 Å². The molecule has 3 N–H and O–H groups in total. The molecule has 1 amide bonds. The summed E-state index contributed by atoms with van der Waals surface area (Å²) in [6.07, 6.45) is 1.74. The number of nitrogens with two attached hydrogens (primary N) is 1. The van der Waals surface area contributed by atoms with Gasteiger partial charge < -0.3 is 5.73 Å². The lowest BCUT2D eigenvalue weighted by Gasteiger charge is -2.04. The molecular formula is C16H13N5O. The number of fused-ring (bicyclic) bond motifs is 3. The minimum Gasteiger partial charge on any atom is -0.364 e. The van der Waals surface area contributed by atoms with Crippen molar-refractivity contribution in [3.8, 4) is 0 Å². The molecule has 6 heteroatoms. The zero-order valence-electron chi connectivity index (χ0n) is 11.7. The van der Waals surface area contributed by atoms with Gasteiger partial charge in [0.05, 0.1) is 23.8 Å². The molecule has 0 unspecified atom stereocenters. The van der Waals surface area contributed by atoms with E-state index in [-0.39, 0.29) is 5.69 Å². The molecular weight excluding hydrogens is 278 g/mol. The summed E-state index contributed by atoms with van der Waals surface area (Å²) in [5.41, 5.74) is 8.62. The van der Waals surface area contributed by atoms with Crippen LogP contribution in [-0.2, 0) is 6.54 Å². The van der Waals surface area contributed by atoms with E-state index in [0.29, 0.717) is 6.54 Å². The molecule has 2 aromatic heterocycles. The van der Waals surface area contributed by atoms with Gasteiger partial charge in [0.25, 0.3) is 5.91 Å². The zero-order valence-corrected chi connectivity index (χ0v) is 11.7. The van der Waals surface area contributed by atoms with Gasteiger partial charge in [0.1, 0.15) is 0 Å². The van der Waals surface area contributed by atoms with Gasteiger partial charge >= 0.3 is 0 Å². The summed E-state index contributed by atoms with van der Waals surface area (Å²) in [6.45, 7) is 0.564. The molecule has 0 radical (unpaired) electrons. The summed E-state index contributed by atoms with van der Waals surface area (Å²) in [7, 11) is 0. The van der Waals surface area contributed by atoms with Crippen molar-refractivity contribution in [1.82, 2.24) is 20.0 Å². The SMILES string of the molecule is NC(=O)c1nn(Cc2ccccc2)c2c1ccc1[nH]ncc12. The molecule has 6 nitrogen and oxygen atoms in total. The molecule has 0 fully saturated rings. The third kappa shape index (κ3) is 1.85. The van der Waals surface area contributed by atoms with Crippen molar-refractivity contribution >= 4 is 27.7 Å². The maximum absolute atomic E-state index is 11.7. The first-order chi connectivity index (χ1) is 10.7. The van der Waals surface area contributed by atoms with Crippen LogP contribution >= 0.6 is 0 Å².